The number of hydrogen-bond acceptors (Lipinski definition) is 4. The predicted octanol–water partition coefficient (Wildman–Crippen LogP) is 3.55. The van der Waals surface area contributed by atoms with Gasteiger partial charge in [0, 0.05) is 30.4 Å². The summed E-state index contributed by atoms with van der Waals surface area (Å²) in [6, 6.07) is 5.00. The average Bonchev–Trinajstić information content (AvgIpc) is 3.07. The Hall–Kier alpha value is -0.950. The molecule has 2 aliphatic rings. The molecule has 0 saturated carbocycles. The molecule has 8 heteroatoms. The molecule has 0 radical (unpaired) electrons. The van der Waals surface area contributed by atoms with E-state index < -0.39 is 0 Å². The Labute approximate surface area is 174 Å². The molecule has 1 spiro atoms. The largest absolute Gasteiger partial charge is 0.352 e. The number of benzene rings is 1. The molecule has 2 unspecified atom stereocenters. The maximum absolute atomic E-state index is 12.7. The fourth-order valence-corrected chi connectivity index (χ4v) is 5.12. The third kappa shape index (κ3) is 4.73. The lowest BCUT2D eigenvalue weighted by Crippen LogP contribution is -2.55. The summed E-state index contributed by atoms with van der Waals surface area (Å²) in [5, 5.41) is 7.41. The molecular formula is C19H25Cl2N3O2S. The molecule has 27 heavy (non-hydrogen) atoms. The lowest BCUT2D eigenvalue weighted by atomic mass is 10.0. The highest BCUT2D eigenvalue weighted by molar-refractivity contribution is 8.01. The van der Waals surface area contributed by atoms with Gasteiger partial charge in [-0.15, -0.1) is 11.8 Å². The molecule has 2 saturated heterocycles. The third-order valence-corrected chi connectivity index (χ3v) is 7.62. The molecule has 2 heterocycles. The van der Waals surface area contributed by atoms with E-state index in [0.29, 0.717) is 28.7 Å². The molecule has 1 aromatic rings. The second-order valence-electron chi connectivity index (χ2n) is 7.24. The third-order valence-electron chi connectivity index (χ3n) is 5.31. The summed E-state index contributed by atoms with van der Waals surface area (Å²) < 4.78 is 0. The van der Waals surface area contributed by atoms with E-state index in [1.54, 1.807) is 30.0 Å². The van der Waals surface area contributed by atoms with Gasteiger partial charge >= 0.3 is 0 Å². The average molecular weight is 430 g/mol. The van der Waals surface area contributed by atoms with E-state index in [-0.39, 0.29) is 28.8 Å². The van der Waals surface area contributed by atoms with Crippen LogP contribution in [0.4, 0.5) is 0 Å². The van der Waals surface area contributed by atoms with E-state index in [4.69, 9.17) is 23.2 Å². The van der Waals surface area contributed by atoms with Gasteiger partial charge < -0.3 is 10.2 Å². The number of amides is 2. The number of nitrogens with one attached hydrogen (secondary N) is 2. The fourth-order valence-electron chi connectivity index (χ4n) is 3.40. The monoisotopic (exact) mass is 429 g/mol. The number of hydrogen-bond donors (Lipinski definition) is 2. The van der Waals surface area contributed by atoms with Gasteiger partial charge in [-0.2, -0.15) is 0 Å². The van der Waals surface area contributed by atoms with Crippen molar-refractivity contribution >= 4 is 46.8 Å². The van der Waals surface area contributed by atoms with Gasteiger partial charge in [0.1, 0.15) is 0 Å². The predicted molar refractivity (Wildman–Crippen MR) is 112 cm³/mol. The topological polar surface area (TPSA) is 61.4 Å². The van der Waals surface area contributed by atoms with Crippen LogP contribution in [0.25, 0.3) is 0 Å². The Bertz CT molecular complexity index is 723. The quantitative estimate of drug-likeness (QED) is 0.767. The summed E-state index contributed by atoms with van der Waals surface area (Å²) in [5.41, 5.74) is 0.554. The van der Waals surface area contributed by atoms with Crippen LogP contribution < -0.4 is 10.6 Å². The lowest BCUT2D eigenvalue weighted by Gasteiger charge is -2.39. The zero-order valence-corrected chi connectivity index (χ0v) is 17.9. The summed E-state index contributed by atoms with van der Waals surface area (Å²) in [5.74, 6) is 0.809. The number of likely N-dealkylation sites (tertiary alicyclic amines) is 1. The van der Waals surface area contributed by atoms with Crippen molar-refractivity contribution < 1.29 is 9.59 Å². The molecule has 3 rings (SSSR count). The van der Waals surface area contributed by atoms with Gasteiger partial charge in [-0.3, -0.25) is 14.9 Å². The highest BCUT2D eigenvalue weighted by atomic mass is 35.5. The van der Waals surface area contributed by atoms with Crippen LogP contribution in [0.15, 0.2) is 18.2 Å². The van der Waals surface area contributed by atoms with Crippen LogP contribution >= 0.6 is 35.0 Å². The molecule has 5 nitrogen and oxygen atoms in total. The van der Waals surface area contributed by atoms with E-state index in [0.717, 1.165) is 25.0 Å². The first-order valence-corrected chi connectivity index (χ1v) is 11.0. The molecule has 0 aromatic heterocycles. The van der Waals surface area contributed by atoms with Gasteiger partial charge in [0.2, 0.25) is 5.91 Å². The zero-order valence-electron chi connectivity index (χ0n) is 15.6. The molecule has 2 N–H and O–H groups in total. The van der Waals surface area contributed by atoms with Crippen LogP contribution in [-0.2, 0) is 4.79 Å². The van der Waals surface area contributed by atoms with E-state index in [9.17, 15) is 9.59 Å². The molecule has 148 valence electrons. The lowest BCUT2D eigenvalue weighted by molar-refractivity contribution is -0.123. The number of rotatable bonds is 4. The summed E-state index contributed by atoms with van der Waals surface area (Å²) in [6.07, 6.45) is 2.55. The molecule has 2 amide bonds. The minimum Gasteiger partial charge on any atom is -0.352 e. The fraction of sp³-hybridized carbons (Fsp3) is 0.579. The van der Waals surface area contributed by atoms with Gasteiger partial charge in [0.05, 0.1) is 21.0 Å². The summed E-state index contributed by atoms with van der Waals surface area (Å²) >= 11 is 13.8. The van der Waals surface area contributed by atoms with Crippen molar-refractivity contribution in [2.24, 2.45) is 0 Å². The van der Waals surface area contributed by atoms with E-state index in [2.05, 4.69) is 17.6 Å². The first-order valence-electron chi connectivity index (χ1n) is 9.30. The highest BCUT2D eigenvalue weighted by Gasteiger charge is 2.44. The van der Waals surface area contributed by atoms with Crippen molar-refractivity contribution in [3.63, 3.8) is 0 Å². The molecular weight excluding hydrogens is 405 g/mol. The van der Waals surface area contributed by atoms with Crippen molar-refractivity contribution in [3.8, 4) is 0 Å². The van der Waals surface area contributed by atoms with Gasteiger partial charge in [-0.25, -0.2) is 0 Å². The Morgan fingerprint density at radius 1 is 1.33 bits per heavy atom. The zero-order chi connectivity index (χ0) is 19.6. The van der Waals surface area contributed by atoms with E-state index >= 15 is 0 Å². The molecule has 0 bridgehead atoms. The van der Waals surface area contributed by atoms with Crippen LogP contribution in [0.2, 0.25) is 10.0 Å². The standard InChI is InChI=1S/C19H25Cl2N3O2S/c1-3-12(2)22-17(25)16-11-27-19(23-16)6-8-24(9-7-19)18(26)13-4-5-14(20)15(21)10-13/h4-5,10,12,16,23H,3,6-9,11H2,1-2H3,(H,22,25). The number of thioether (sulfide) groups is 1. The Kier molecular flexibility index (Phi) is 6.62. The van der Waals surface area contributed by atoms with Gasteiger partial charge in [0.25, 0.3) is 5.91 Å². The number of nitrogens with zero attached hydrogens (tertiary/aromatic N) is 1. The van der Waals surface area contributed by atoms with Crippen LogP contribution in [0.5, 0.6) is 0 Å². The molecule has 1 aromatic carbocycles. The van der Waals surface area contributed by atoms with Crippen molar-refractivity contribution in [1.82, 2.24) is 15.5 Å². The minimum absolute atomic E-state index is 0.0301. The molecule has 2 aliphatic heterocycles. The number of carbonyl (C=O) groups is 2. The van der Waals surface area contributed by atoms with Crippen LogP contribution in [0.3, 0.4) is 0 Å². The first kappa shape index (κ1) is 20.8. The van der Waals surface area contributed by atoms with Gasteiger partial charge in [-0.05, 0) is 44.4 Å². The van der Waals surface area contributed by atoms with Gasteiger partial charge in [-0.1, -0.05) is 30.1 Å². The number of halogens is 2. The summed E-state index contributed by atoms with van der Waals surface area (Å²) in [4.78, 5) is 26.8. The second kappa shape index (κ2) is 8.60. The second-order valence-corrected chi connectivity index (χ2v) is 9.46. The summed E-state index contributed by atoms with van der Waals surface area (Å²) in [7, 11) is 0. The maximum atomic E-state index is 12.7. The van der Waals surface area contributed by atoms with Crippen molar-refractivity contribution in [3.05, 3.63) is 33.8 Å². The summed E-state index contributed by atoms with van der Waals surface area (Å²) in [6.45, 7) is 5.38. The Morgan fingerprint density at radius 3 is 2.67 bits per heavy atom. The smallest absolute Gasteiger partial charge is 0.253 e. The molecule has 2 fully saturated rings. The number of piperidine rings is 1. The van der Waals surface area contributed by atoms with Crippen molar-refractivity contribution in [2.45, 2.75) is 50.1 Å². The van der Waals surface area contributed by atoms with Crippen LogP contribution in [0.1, 0.15) is 43.5 Å². The highest BCUT2D eigenvalue weighted by Crippen LogP contribution is 2.39. The van der Waals surface area contributed by atoms with Crippen molar-refractivity contribution in [1.29, 1.82) is 0 Å². The van der Waals surface area contributed by atoms with E-state index in [1.807, 2.05) is 11.8 Å². The van der Waals surface area contributed by atoms with Gasteiger partial charge in [0.15, 0.2) is 0 Å². The number of carbonyl (C=O) groups excluding carboxylic acids is 2. The minimum atomic E-state index is -0.165. The normalized spacial score (nSPS) is 22.7. The van der Waals surface area contributed by atoms with Crippen molar-refractivity contribution in [2.75, 3.05) is 18.8 Å². The Morgan fingerprint density at radius 2 is 2.04 bits per heavy atom. The SMILES string of the molecule is CCC(C)NC(=O)C1CSC2(CCN(C(=O)c3ccc(Cl)c(Cl)c3)CC2)N1. The van der Waals surface area contributed by atoms with Crippen LogP contribution in [0, 0.1) is 0 Å². The Balaban J connectivity index is 1.56. The molecule has 2 atom stereocenters. The van der Waals surface area contributed by atoms with E-state index in [1.165, 1.54) is 0 Å². The van der Waals surface area contributed by atoms with Crippen LogP contribution in [-0.4, -0.2) is 52.5 Å². The maximum Gasteiger partial charge on any atom is 0.253 e. The molecule has 0 aliphatic carbocycles. The first-order chi connectivity index (χ1) is 12.8.